The Balaban J connectivity index is 1.85. The second-order valence-electron chi connectivity index (χ2n) is 9.21. The molecule has 0 unspecified atom stereocenters. The Morgan fingerprint density at radius 2 is 1.50 bits per heavy atom. The summed E-state index contributed by atoms with van der Waals surface area (Å²) in [5.74, 6) is 0.887. The molecule has 2 N–H and O–H groups in total. The molecule has 214 valence electrons. The lowest BCUT2D eigenvalue weighted by atomic mass is 9.95. The molecule has 5 rings (SSSR count). The van der Waals surface area contributed by atoms with Gasteiger partial charge in [-0.3, -0.25) is 14.3 Å². The third-order valence-electron chi connectivity index (χ3n) is 6.79. The van der Waals surface area contributed by atoms with E-state index in [1.807, 2.05) is 12.1 Å². The fourth-order valence-electron chi connectivity index (χ4n) is 4.79. The molecule has 0 aliphatic heterocycles. The zero-order valence-corrected chi connectivity index (χ0v) is 23.5. The predicted octanol–water partition coefficient (Wildman–Crippen LogP) is 5.03. The Kier molecular flexibility index (Phi) is 7.96. The van der Waals surface area contributed by atoms with Gasteiger partial charge < -0.3 is 29.4 Å². The Labute approximate surface area is 241 Å². The normalized spacial score (nSPS) is 10.8. The van der Waals surface area contributed by atoms with Crippen LogP contribution in [0, 0.1) is 0 Å². The molecule has 0 fully saturated rings. The van der Waals surface area contributed by atoms with Gasteiger partial charge in [0.05, 0.1) is 33.8 Å². The van der Waals surface area contributed by atoms with E-state index < -0.39 is 11.5 Å². The van der Waals surface area contributed by atoms with Crippen LogP contribution in [0.25, 0.3) is 27.6 Å². The number of benzene rings is 3. The van der Waals surface area contributed by atoms with Crippen LogP contribution in [0.1, 0.15) is 16.1 Å². The number of nitrogens with zero attached hydrogens (tertiary/aromatic N) is 2. The summed E-state index contributed by atoms with van der Waals surface area (Å²) in [6.07, 6.45) is 3.37. The summed E-state index contributed by atoms with van der Waals surface area (Å²) in [6.45, 7) is 0.278. The number of methoxy groups -OCH3 is 4. The number of esters is 1. The number of pyridine rings is 2. The second-order valence-corrected chi connectivity index (χ2v) is 9.21. The van der Waals surface area contributed by atoms with Gasteiger partial charge in [-0.2, -0.15) is 0 Å². The Hall–Kier alpha value is -5.51. The van der Waals surface area contributed by atoms with Gasteiger partial charge in [0, 0.05) is 29.3 Å². The molecule has 0 aliphatic carbocycles. The van der Waals surface area contributed by atoms with Crippen LogP contribution in [-0.4, -0.2) is 44.0 Å². The van der Waals surface area contributed by atoms with Crippen molar-refractivity contribution in [1.29, 1.82) is 0 Å². The highest BCUT2D eigenvalue weighted by atomic mass is 16.5. The number of aromatic nitrogens is 2. The van der Waals surface area contributed by atoms with E-state index in [0.717, 1.165) is 5.56 Å². The van der Waals surface area contributed by atoms with Crippen molar-refractivity contribution in [3.05, 3.63) is 101 Å². The highest BCUT2D eigenvalue weighted by Gasteiger charge is 2.27. The van der Waals surface area contributed by atoms with Crippen LogP contribution in [0.2, 0.25) is 0 Å². The smallest absolute Gasteiger partial charge is 0.355 e. The van der Waals surface area contributed by atoms with Crippen LogP contribution in [0.15, 0.2) is 83.9 Å². The molecule has 0 saturated carbocycles. The Morgan fingerprint density at radius 1 is 0.833 bits per heavy atom. The first-order chi connectivity index (χ1) is 20.4. The minimum absolute atomic E-state index is 0.0134. The van der Waals surface area contributed by atoms with Gasteiger partial charge in [-0.1, -0.05) is 0 Å². The van der Waals surface area contributed by atoms with Crippen LogP contribution in [0.3, 0.4) is 0 Å². The number of nitrogen functional groups attached to an aromatic ring is 1. The van der Waals surface area contributed by atoms with E-state index in [9.17, 15) is 9.59 Å². The van der Waals surface area contributed by atoms with Gasteiger partial charge >= 0.3 is 5.97 Å². The molecule has 3 aromatic carbocycles. The number of carbonyl (C=O) groups is 1. The molecular formula is C32H29N3O7. The van der Waals surface area contributed by atoms with E-state index in [1.165, 1.54) is 33.0 Å². The molecule has 0 bridgehead atoms. The van der Waals surface area contributed by atoms with Crippen molar-refractivity contribution < 1.29 is 28.5 Å². The van der Waals surface area contributed by atoms with Crippen molar-refractivity contribution in [1.82, 2.24) is 9.55 Å². The van der Waals surface area contributed by atoms with E-state index in [2.05, 4.69) is 4.98 Å². The molecular weight excluding hydrogens is 538 g/mol. The third kappa shape index (κ3) is 5.17. The molecule has 0 atom stereocenters. The van der Waals surface area contributed by atoms with E-state index in [4.69, 9.17) is 29.4 Å². The van der Waals surface area contributed by atoms with E-state index in [1.54, 1.807) is 67.0 Å². The highest BCUT2D eigenvalue weighted by Crippen LogP contribution is 2.44. The quantitative estimate of drug-likeness (QED) is 0.193. The summed E-state index contributed by atoms with van der Waals surface area (Å²) in [6, 6.07) is 18.9. The summed E-state index contributed by atoms with van der Waals surface area (Å²) in [5, 5.41) is 0.813. The fraction of sp³-hybridized carbons (Fsp3) is 0.156. The molecule has 42 heavy (non-hydrogen) atoms. The van der Waals surface area contributed by atoms with Crippen LogP contribution in [0.5, 0.6) is 23.0 Å². The second kappa shape index (κ2) is 11.9. The van der Waals surface area contributed by atoms with Gasteiger partial charge in [-0.15, -0.1) is 0 Å². The molecule has 2 aromatic heterocycles. The maximum Gasteiger partial charge on any atom is 0.355 e. The lowest BCUT2D eigenvalue weighted by Gasteiger charge is -2.21. The first-order valence-electron chi connectivity index (χ1n) is 12.9. The van der Waals surface area contributed by atoms with Crippen molar-refractivity contribution in [3.63, 3.8) is 0 Å². The van der Waals surface area contributed by atoms with Crippen molar-refractivity contribution >= 4 is 22.4 Å². The number of ether oxygens (including phenoxy) is 5. The van der Waals surface area contributed by atoms with Crippen molar-refractivity contribution in [2.24, 2.45) is 0 Å². The molecule has 0 aliphatic rings. The van der Waals surface area contributed by atoms with Crippen LogP contribution in [0.4, 0.5) is 5.69 Å². The molecule has 10 heteroatoms. The summed E-state index contributed by atoms with van der Waals surface area (Å²) >= 11 is 0. The van der Waals surface area contributed by atoms with Crippen LogP contribution < -0.4 is 30.2 Å². The molecule has 2 heterocycles. The lowest BCUT2D eigenvalue weighted by molar-refractivity contribution is 0.0591. The minimum atomic E-state index is -0.715. The van der Waals surface area contributed by atoms with Gasteiger partial charge in [-0.05, 0) is 83.2 Å². The number of anilines is 1. The standard InChI is InChI=1S/C32H29N3O7/c1-38-26-15-20(16-27(39-2)30(26)40-3)28-24-10-9-23(42-18-19-11-13-34-14-12-19)17-25(24)31(36)35(29(28)32(37)41-4)22-7-5-21(33)6-8-22/h5-17H,18,33H2,1-4H3. The van der Waals surface area contributed by atoms with Gasteiger partial charge in [0.1, 0.15) is 18.1 Å². The topological polar surface area (TPSA) is 124 Å². The van der Waals surface area contributed by atoms with Crippen molar-refractivity contribution in [2.45, 2.75) is 6.61 Å². The van der Waals surface area contributed by atoms with E-state index in [0.29, 0.717) is 56.3 Å². The van der Waals surface area contributed by atoms with Gasteiger partial charge in [0.2, 0.25) is 5.75 Å². The third-order valence-corrected chi connectivity index (χ3v) is 6.79. The predicted molar refractivity (Wildman–Crippen MR) is 159 cm³/mol. The summed E-state index contributed by atoms with van der Waals surface area (Å²) in [7, 11) is 5.77. The average Bonchev–Trinajstić information content (AvgIpc) is 3.03. The summed E-state index contributed by atoms with van der Waals surface area (Å²) in [5.41, 5.74) is 8.31. The summed E-state index contributed by atoms with van der Waals surface area (Å²) < 4.78 is 29.3. The van der Waals surface area contributed by atoms with Crippen molar-refractivity contribution in [2.75, 3.05) is 34.2 Å². The Bertz CT molecular complexity index is 1790. The molecule has 5 aromatic rings. The molecule has 0 spiro atoms. The zero-order valence-electron chi connectivity index (χ0n) is 23.5. The highest BCUT2D eigenvalue weighted by molar-refractivity contribution is 6.08. The van der Waals surface area contributed by atoms with Gasteiger partial charge in [-0.25, -0.2) is 4.79 Å². The molecule has 10 nitrogen and oxygen atoms in total. The van der Waals surface area contributed by atoms with Gasteiger partial charge in [0.25, 0.3) is 5.56 Å². The zero-order chi connectivity index (χ0) is 29.8. The number of hydrogen-bond acceptors (Lipinski definition) is 9. The number of fused-ring (bicyclic) bond motifs is 1. The van der Waals surface area contributed by atoms with Crippen LogP contribution >= 0.6 is 0 Å². The summed E-state index contributed by atoms with van der Waals surface area (Å²) in [4.78, 5) is 31.7. The van der Waals surface area contributed by atoms with Gasteiger partial charge in [0.15, 0.2) is 11.5 Å². The SMILES string of the molecule is COC(=O)c1c(-c2cc(OC)c(OC)c(OC)c2)c2ccc(OCc3ccncc3)cc2c(=O)n1-c1ccc(N)cc1. The van der Waals surface area contributed by atoms with Crippen molar-refractivity contribution in [3.8, 4) is 39.8 Å². The van der Waals surface area contributed by atoms with E-state index >= 15 is 0 Å². The first kappa shape index (κ1) is 28.0. The first-order valence-corrected chi connectivity index (χ1v) is 12.9. The largest absolute Gasteiger partial charge is 0.493 e. The molecule has 0 radical (unpaired) electrons. The lowest BCUT2D eigenvalue weighted by Crippen LogP contribution is -2.27. The fourth-order valence-corrected chi connectivity index (χ4v) is 4.79. The minimum Gasteiger partial charge on any atom is -0.493 e. The monoisotopic (exact) mass is 567 g/mol. The maximum absolute atomic E-state index is 14.2. The number of carbonyl (C=O) groups excluding carboxylic acids is 1. The number of hydrogen-bond donors (Lipinski definition) is 1. The van der Waals surface area contributed by atoms with Crippen LogP contribution in [-0.2, 0) is 11.3 Å². The van der Waals surface area contributed by atoms with E-state index in [-0.39, 0.29) is 12.3 Å². The average molecular weight is 568 g/mol. The number of nitrogens with two attached hydrogens (primary N) is 1. The Morgan fingerprint density at radius 3 is 2.10 bits per heavy atom. The molecule has 0 amide bonds. The maximum atomic E-state index is 14.2. The molecule has 0 saturated heterocycles. The number of rotatable bonds is 9.